The molecule has 0 bridgehead atoms. The van der Waals surface area contributed by atoms with Crippen LogP contribution in [0.25, 0.3) is 11.2 Å². The molecule has 0 aliphatic carbocycles. The summed E-state index contributed by atoms with van der Waals surface area (Å²) in [7, 11) is 5.72. The Labute approximate surface area is 133 Å². The number of benzene rings is 1. The smallest absolute Gasteiger partial charge is 0.228 e. The quantitative estimate of drug-likeness (QED) is 0.619. The van der Waals surface area contributed by atoms with E-state index < -0.39 is 0 Å². The Morgan fingerprint density at radius 3 is 2.57 bits per heavy atom. The predicted molar refractivity (Wildman–Crippen MR) is 89.8 cm³/mol. The first-order valence-electron chi connectivity index (χ1n) is 7.18. The predicted octanol–water partition coefficient (Wildman–Crippen LogP) is 1.84. The molecule has 8 heteroatoms. The van der Waals surface area contributed by atoms with Crippen LogP contribution in [0, 0.1) is 0 Å². The maximum Gasteiger partial charge on any atom is 0.228 e. The molecule has 0 aliphatic heterocycles. The molecule has 3 N–H and O–H groups in total. The van der Waals surface area contributed by atoms with Crippen molar-refractivity contribution in [2.24, 2.45) is 7.05 Å². The van der Waals surface area contributed by atoms with Gasteiger partial charge in [-0.3, -0.25) is 10.7 Å². The lowest BCUT2D eigenvalue weighted by molar-refractivity contribution is 0.389. The van der Waals surface area contributed by atoms with Crippen LogP contribution in [0.2, 0.25) is 0 Å². The van der Waals surface area contributed by atoms with Gasteiger partial charge in [0.1, 0.15) is 0 Å². The third-order valence-electron chi connectivity index (χ3n) is 3.49. The Morgan fingerprint density at radius 1 is 1.17 bits per heavy atom. The Morgan fingerprint density at radius 2 is 1.91 bits per heavy atom. The standard InChI is InChI=1S/C15H19N7O/c1-21(2)15-18-13(12-14(19-15)22(3)9-17-12)16-8-10-4-6-11(20-23)7-5-10/h4-7,9,20,23H,8H2,1-3H3,(H,16,18,19). The van der Waals surface area contributed by atoms with Gasteiger partial charge in [0.15, 0.2) is 17.0 Å². The normalized spacial score (nSPS) is 10.8. The molecule has 2 heterocycles. The van der Waals surface area contributed by atoms with E-state index in [1.54, 1.807) is 18.5 Å². The number of hydrogen-bond donors (Lipinski definition) is 3. The number of imidazole rings is 1. The first-order valence-corrected chi connectivity index (χ1v) is 7.18. The van der Waals surface area contributed by atoms with E-state index in [4.69, 9.17) is 5.21 Å². The topological polar surface area (TPSA) is 91.1 Å². The van der Waals surface area contributed by atoms with E-state index in [2.05, 4.69) is 25.7 Å². The molecular formula is C15H19N7O. The van der Waals surface area contributed by atoms with Crippen LogP contribution >= 0.6 is 0 Å². The van der Waals surface area contributed by atoms with E-state index in [9.17, 15) is 0 Å². The van der Waals surface area contributed by atoms with Crippen molar-refractivity contribution >= 4 is 28.6 Å². The van der Waals surface area contributed by atoms with Gasteiger partial charge >= 0.3 is 0 Å². The van der Waals surface area contributed by atoms with Gasteiger partial charge in [0, 0.05) is 27.7 Å². The van der Waals surface area contributed by atoms with Crippen LogP contribution < -0.4 is 15.7 Å². The summed E-state index contributed by atoms with van der Waals surface area (Å²) in [6.45, 7) is 0.598. The van der Waals surface area contributed by atoms with Crippen LogP contribution in [0.1, 0.15) is 5.56 Å². The monoisotopic (exact) mass is 313 g/mol. The lowest BCUT2D eigenvalue weighted by Gasteiger charge is -2.13. The van der Waals surface area contributed by atoms with E-state index in [0.717, 1.165) is 16.7 Å². The summed E-state index contributed by atoms with van der Waals surface area (Å²) in [5, 5.41) is 12.2. The van der Waals surface area contributed by atoms with Crippen molar-refractivity contribution in [1.82, 2.24) is 19.5 Å². The summed E-state index contributed by atoms with van der Waals surface area (Å²) >= 11 is 0. The molecule has 120 valence electrons. The largest absolute Gasteiger partial charge is 0.364 e. The number of nitrogens with zero attached hydrogens (tertiary/aromatic N) is 5. The van der Waals surface area contributed by atoms with Crippen molar-refractivity contribution in [3.8, 4) is 0 Å². The van der Waals surface area contributed by atoms with Crippen molar-refractivity contribution in [2.75, 3.05) is 29.8 Å². The van der Waals surface area contributed by atoms with Gasteiger partial charge in [-0.1, -0.05) is 12.1 Å². The molecule has 0 spiro atoms. The van der Waals surface area contributed by atoms with Crippen LogP contribution in [-0.4, -0.2) is 38.8 Å². The number of fused-ring (bicyclic) bond motifs is 1. The lowest BCUT2D eigenvalue weighted by atomic mass is 10.2. The minimum Gasteiger partial charge on any atom is -0.364 e. The van der Waals surface area contributed by atoms with Crippen molar-refractivity contribution in [3.63, 3.8) is 0 Å². The van der Waals surface area contributed by atoms with Gasteiger partial charge < -0.3 is 14.8 Å². The summed E-state index contributed by atoms with van der Waals surface area (Å²) in [6, 6.07) is 7.46. The molecule has 0 atom stereocenters. The Kier molecular flexibility index (Phi) is 3.98. The molecule has 2 aromatic heterocycles. The van der Waals surface area contributed by atoms with Crippen molar-refractivity contribution in [2.45, 2.75) is 6.54 Å². The number of aryl methyl sites for hydroxylation is 1. The third kappa shape index (κ3) is 3.02. The summed E-state index contributed by atoms with van der Waals surface area (Å²) in [4.78, 5) is 15.3. The van der Waals surface area contributed by atoms with Crippen LogP contribution in [0.5, 0.6) is 0 Å². The number of aromatic nitrogens is 4. The number of nitrogens with one attached hydrogen (secondary N) is 2. The first kappa shape index (κ1) is 15.0. The molecule has 23 heavy (non-hydrogen) atoms. The highest BCUT2D eigenvalue weighted by atomic mass is 16.5. The minimum absolute atomic E-state index is 0.598. The van der Waals surface area contributed by atoms with Crippen molar-refractivity contribution in [3.05, 3.63) is 36.2 Å². The molecule has 0 saturated heterocycles. The van der Waals surface area contributed by atoms with Gasteiger partial charge in [0.05, 0.1) is 12.0 Å². The Bertz CT molecular complexity index is 811. The lowest BCUT2D eigenvalue weighted by Crippen LogP contribution is -2.14. The highest BCUT2D eigenvalue weighted by molar-refractivity contribution is 5.84. The number of anilines is 3. The minimum atomic E-state index is 0.598. The fourth-order valence-electron chi connectivity index (χ4n) is 2.20. The summed E-state index contributed by atoms with van der Waals surface area (Å²) in [6.07, 6.45) is 1.73. The second-order valence-corrected chi connectivity index (χ2v) is 5.46. The molecule has 0 aliphatic rings. The average Bonchev–Trinajstić information content (AvgIpc) is 2.94. The number of rotatable bonds is 5. The highest BCUT2D eigenvalue weighted by Gasteiger charge is 2.12. The average molecular weight is 313 g/mol. The van der Waals surface area contributed by atoms with Gasteiger partial charge in [-0.15, -0.1) is 0 Å². The first-order chi connectivity index (χ1) is 11.1. The van der Waals surface area contributed by atoms with Gasteiger partial charge in [0.2, 0.25) is 5.95 Å². The van der Waals surface area contributed by atoms with Crippen LogP contribution in [-0.2, 0) is 13.6 Å². The molecule has 0 amide bonds. The maximum atomic E-state index is 8.84. The maximum absolute atomic E-state index is 8.84. The SMILES string of the molecule is CN(C)c1nc(NCc2ccc(NO)cc2)c2ncn(C)c2n1. The molecule has 1 aromatic carbocycles. The molecule has 0 radical (unpaired) electrons. The molecule has 3 rings (SSSR count). The molecule has 0 fully saturated rings. The highest BCUT2D eigenvalue weighted by Crippen LogP contribution is 2.22. The summed E-state index contributed by atoms with van der Waals surface area (Å²) < 4.78 is 1.87. The zero-order valence-electron chi connectivity index (χ0n) is 13.3. The third-order valence-corrected chi connectivity index (χ3v) is 3.49. The molecule has 0 unspecified atom stereocenters. The summed E-state index contributed by atoms with van der Waals surface area (Å²) in [5.41, 5.74) is 5.36. The molecular weight excluding hydrogens is 294 g/mol. The Hall–Kier alpha value is -2.87. The van der Waals surface area contributed by atoms with E-state index >= 15 is 0 Å². The molecule has 0 saturated carbocycles. The van der Waals surface area contributed by atoms with E-state index in [0.29, 0.717) is 24.0 Å². The van der Waals surface area contributed by atoms with Crippen molar-refractivity contribution < 1.29 is 5.21 Å². The second-order valence-electron chi connectivity index (χ2n) is 5.46. The van der Waals surface area contributed by atoms with E-state index in [1.807, 2.05) is 42.7 Å². The van der Waals surface area contributed by atoms with Gasteiger partial charge in [0.25, 0.3) is 0 Å². The summed E-state index contributed by atoms with van der Waals surface area (Å²) in [5.74, 6) is 1.33. The zero-order valence-corrected chi connectivity index (χ0v) is 13.3. The molecule has 8 nitrogen and oxygen atoms in total. The second kappa shape index (κ2) is 6.09. The fourth-order valence-corrected chi connectivity index (χ4v) is 2.20. The number of hydrogen-bond acceptors (Lipinski definition) is 7. The zero-order chi connectivity index (χ0) is 16.4. The Balaban J connectivity index is 1.88. The fraction of sp³-hybridized carbons (Fsp3) is 0.267. The molecule has 3 aromatic rings. The van der Waals surface area contributed by atoms with Crippen molar-refractivity contribution in [1.29, 1.82) is 0 Å². The van der Waals surface area contributed by atoms with Gasteiger partial charge in [-0.25, -0.2) is 4.98 Å². The van der Waals surface area contributed by atoms with Crippen LogP contribution in [0.4, 0.5) is 17.5 Å². The van der Waals surface area contributed by atoms with E-state index in [1.165, 1.54) is 0 Å². The van der Waals surface area contributed by atoms with E-state index in [-0.39, 0.29) is 0 Å². The van der Waals surface area contributed by atoms with Gasteiger partial charge in [-0.2, -0.15) is 9.97 Å². The van der Waals surface area contributed by atoms with Gasteiger partial charge in [-0.05, 0) is 17.7 Å². The van der Waals surface area contributed by atoms with Crippen LogP contribution in [0.15, 0.2) is 30.6 Å². The van der Waals surface area contributed by atoms with Crippen LogP contribution in [0.3, 0.4) is 0 Å².